The van der Waals surface area contributed by atoms with Crippen molar-refractivity contribution in [2.45, 2.75) is 17.9 Å². The second-order valence-electron chi connectivity index (χ2n) is 4.41. The van der Waals surface area contributed by atoms with E-state index in [2.05, 4.69) is 10.1 Å². The summed E-state index contributed by atoms with van der Waals surface area (Å²) in [6.45, 7) is -0.497. The minimum absolute atomic E-state index is 0.0235. The van der Waals surface area contributed by atoms with Gasteiger partial charge in [-0.2, -0.15) is 18.4 Å². The number of nitrogens with two attached hydrogens (primary N) is 1. The lowest BCUT2D eigenvalue weighted by molar-refractivity contribution is -0.183. The number of primary amides is 1. The third-order valence-electron chi connectivity index (χ3n) is 3.17. The average Bonchev–Trinajstić information content (AvgIpc) is 2.93. The van der Waals surface area contributed by atoms with Crippen LogP contribution in [0.3, 0.4) is 0 Å². The Balaban J connectivity index is 2.29. The molecule has 0 bridgehead atoms. The van der Waals surface area contributed by atoms with Crippen LogP contribution in [0.5, 0.6) is 0 Å². The normalized spacial score (nSPS) is 22.9. The zero-order valence-electron chi connectivity index (χ0n) is 9.94. The largest absolute Gasteiger partial charge is 0.381 e. The second-order valence-corrected chi connectivity index (χ2v) is 5.52. The van der Waals surface area contributed by atoms with Gasteiger partial charge in [-0.25, -0.2) is 0 Å². The van der Waals surface area contributed by atoms with Crippen molar-refractivity contribution in [3.8, 4) is 6.07 Å². The summed E-state index contributed by atoms with van der Waals surface area (Å²) < 4.78 is 31.1. The molecule has 1 aromatic heterocycles. The van der Waals surface area contributed by atoms with Crippen molar-refractivity contribution in [2.75, 3.05) is 18.0 Å². The number of anilines is 1. The van der Waals surface area contributed by atoms with E-state index in [1.54, 1.807) is 0 Å². The van der Waals surface area contributed by atoms with E-state index in [4.69, 9.17) is 16.9 Å². The highest BCUT2D eigenvalue weighted by molar-refractivity contribution is 7.10. The number of halogens is 3. The summed E-state index contributed by atoms with van der Waals surface area (Å²) in [4.78, 5) is 12.1. The molecule has 6 nitrogen and oxygen atoms in total. The molecule has 0 aromatic carbocycles. The predicted octanol–water partition coefficient (Wildman–Crippen LogP) is 0.730. The summed E-state index contributed by atoms with van der Waals surface area (Å²) in [5, 5.41) is 19.2. The number of nitriles is 1. The van der Waals surface area contributed by atoms with E-state index in [-0.39, 0.29) is 28.7 Å². The molecule has 0 radical (unpaired) electrons. The summed E-state index contributed by atoms with van der Waals surface area (Å²) in [6, 6.07) is 1.82. The van der Waals surface area contributed by atoms with Gasteiger partial charge in [0.05, 0.1) is 6.54 Å². The number of alkyl halides is 2. The van der Waals surface area contributed by atoms with Gasteiger partial charge >= 0.3 is 5.92 Å². The zero-order valence-corrected chi connectivity index (χ0v) is 11.5. The lowest BCUT2D eigenvalue weighted by Crippen LogP contribution is -2.57. The van der Waals surface area contributed by atoms with Crippen LogP contribution in [0.25, 0.3) is 0 Å². The number of rotatable bonds is 3. The summed E-state index contributed by atoms with van der Waals surface area (Å²) in [5.41, 5.74) is 2.12. The average molecular weight is 323 g/mol. The van der Waals surface area contributed by atoms with Crippen molar-refractivity contribution in [3.63, 3.8) is 0 Å². The second kappa shape index (κ2) is 4.80. The summed E-state index contributed by atoms with van der Waals surface area (Å²) in [6.07, 6.45) is -0.358. The molecular weight excluding hydrogens is 314 g/mol. The molecule has 108 valence electrons. The lowest BCUT2D eigenvalue weighted by atomic mass is 9.94. The molecule has 10 heteroatoms. The third-order valence-corrected chi connectivity index (χ3v) is 4.46. The first-order valence-electron chi connectivity index (χ1n) is 5.43. The van der Waals surface area contributed by atoms with Crippen LogP contribution in [0.2, 0.25) is 5.15 Å². The van der Waals surface area contributed by atoms with Crippen molar-refractivity contribution >= 4 is 34.0 Å². The maximum absolute atomic E-state index is 13.7. The molecule has 1 aliphatic heterocycles. The van der Waals surface area contributed by atoms with E-state index in [0.29, 0.717) is 0 Å². The van der Waals surface area contributed by atoms with E-state index in [1.165, 1.54) is 4.90 Å². The van der Waals surface area contributed by atoms with Gasteiger partial charge < -0.3 is 15.7 Å². The zero-order chi connectivity index (χ0) is 15.1. The molecule has 1 fully saturated rings. The van der Waals surface area contributed by atoms with E-state index < -0.39 is 24.0 Å². The fourth-order valence-corrected chi connectivity index (χ4v) is 3.08. The van der Waals surface area contributed by atoms with Crippen LogP contribution in [0.4, 0.5) is 13.8 Å². The number of aliphatic hydroxyl groups is 1. The maximum Gasteiger partial charge on any atom is 0.353 e. The van der Waals surface area contributed by atoms with Crippen LogP contribution < -0.4 is 10.6 Å². The van der Waals surface area contributed by atoms with Gasteiger partial charge in [0, 0.05) is 13.0 Å². The van der Waals surface area contributed by atoms with Gasteiger partial charge in [0.25, 0.3) is 5.91 Å². The summed E-state index contributed by atoms with van der Waals surface area (Å²) in [5.74, 6) is -5.94. The van der Waals surface area contributed by atoms with Crippen LogP contribution in [0, 0.1) is 11.3 Å². The highest BCUT2D eigenvalue weighted by Crippen LogP contribution is 2.41. The minimum Gasteiger partial charge on any atom is -0.381 e. The van der Waals surface area contributed by atoms with Gasteiger partial charge in [-0.05, 0) is 11.5 Å². The molecule has 2 heterocycles. The molecule has 3 N–H and O–H groups in total. The highest BCUT2D eigenvalue weighted by Gasteiger charge is 2.60. The monoisotopic (exact) mass is 322 g/mol. The fraction of sp³-hybridized carbons (Fsp3) is 0.500. The third kappa shape index (κ3) is 2.09. The molecule has 0 spiro atoms. The van der Waals surface area contributed by atoms with Gasteiger partial charge in [0.1, 0.15) is 16.6 Å². The fourth-order valence-electron chi connectivity index (χ4n) is 2.03. The molecule has 2 rings (SSSR count). The topological polar surface area (TPSA) is 103 Å². The number of β-amino-alcohol motifs (C(OH)–C–C–N with tert-alkyl or cyclic N) is 1. The van der Waals surface area contributed by atoms with Gasteiger partial charge in [-0.3, -0.25) is 4.79 Å². The molecule has 1 aromatic rings. The first kappa shape index (κ1) is 14.9. The van der Waals surface area contributed by atoms with Crippen LogP contribution in [-0.4, -0.2) is 40.0 Å². The Hall–Kier alpha value is -1.50. The molecule has 1 saturated heterocycles. The van der Waals surface area contributed by atoms with E-state index in [9.17, 15) is 18.7 Å². The molecule has 1 amide bonds. The quantitative estimate of drug-likeness (QED) is 0.854. The molecule has 1 atom stereocenters. The number of amides is 1. The van der Waals surface area contributed by atoms with Gasteiger partial charge in [0.15, 0.2) is 10.8 Å². The maximum atomic E-state index is 13.7. The van der Waals surface area contributed by atoms with E-state index in [0.717, 1.165) is 11.5 Å². The Morgan fingerprint density at radius 1 is 1.70 bits per heavy atom. The number of hydrogen-bond donors (Lipinski definition) is 2. The summed E-state index contributed by atoms with van der Waals surface area (Å²) >= 11 is 6.57. The number of carbonyl (C=O) groups is 1. The van der Waals surface area contributed by atoms with Crippen LogP contribution in [0.1, 0.15) is 12.0 Å². The SMILES string of the molecule is N#Cc1c(Cl)nsc1N1CCC(O)(C(F)(F)C(N)=O)C1. The van der Waals surface area contributed by atoms with Crippen molar-refractivity contribution in [3.05, 3.63) is 10.7 Å². The van der Waals surface area contributed by atoms with Crippen molar-refractivity contribution in [1.82, 2.24) is 4.37 Å². The van der Waals surface area contributed by atoms with E-state index >= 15 is 0 Å². The number of hydrogen-bond acceptors (Lipinski definition) is 6. The van der Waals surface area contributed by atoms with E-state index in [1.807, 2.05) is 6.07 Å². The Morgan fingerprint density at radius 2 is 2.35 bits per heavy atom. The molecule has 0 saturated carbocycles. The Kier molecular flexibility index (Phi) is 3.58. The summed E-state index contributed by atoms with van der Waals surface area (Å²) in [7, 11) is 0. The molecule has 20 heavy (non-hydrogen) atoms. The number of carbonyl (C=O) groups excluding carboxylic acids is 1. The van der Waals surface area contributed by atoms with Crippen molar-refractivity contribution in [1.29, 1.82) is 5.26 Å². The van der Waals surface area contributed by atoms with Gasteiger partial charge in [0.2, 0.25) is 0 Å². The Morgan fingerprint density at radius 3 is 2.90 bits per heavy atom. The molecule has 1 unspecified atom stereocenters. The molecule has 0 aliphatic carbocycles. The molecular formula is C10H9ClF2N4O2S. The number of aromatic nitrogens is 1. The van der Waals surface area contributed by atoms with Crippen LogP contribution in [-0.2, 0) is 4.79 Å². The van der Waals surface area contributed by atoms with Crippen molar-refractivity contribution in [2.24, 2.45) is 5.73 Å². The van der Waals surface area contributed by atoms with Crippen molar-refractivity contribution < 1.29 is 18.7 Å². The van der Waals surface area contributed by atoms with Crippen LogP contribution in [0.15, 0.2) is 0 Å². The van der Waals surface area contributed by atoms with Gasteiger partial charge in [-0.15, -0.1) is 0 Å². The van der Waals surface area contributed by atoms with Gasteiger partial charge in [-0.1, -0.05) is 11.6 Å². The first-order chi connectivity index (χ1) is 9.23. The highest BCUT2D eigenvalue weighted by atomic mass is 35.5. The molecule has 1 aliphatic rings. The van der Waals surface area contributed by atoms with Crippen LogP contribution >= 0.6 is 23.1 Å². The first-order valence-corrected chi connectivity index (χ1v) is 6.58. The lowest BCUT2D eigenvalue weighted by Gasteiger charge is -2.29. The predicted molar refractivity (Wildman–Crippen MR) is 67.8 cm³/mol. The minimum atomic E-state index is -4.05. The Labute approximate surface area is 121 Å². The Bertz CT molecular complexity index is 603. The standard InChI is InChI=1S/C10H9ClF2N4O2S/c11-6-5(3-14)7(20-16-6)17-2-1-9(19,4-17)10(12,13)8(15)18/h19H,1-2,4H2,(H2,15,18). The number of nitrogens with zero attached hydrogens (tertiary/aromatic N) is 3. The smallest absolute Gasteiger partial charge is 0.353 e.